The zero-order valence-corrected chi connectivity index (χ0v) is 35.5. The molecule has 2 aliphatic heterocycles. The summed E-state index contributed by atoms with van der Waals surface area (Å²) < 4.78 is 0. The molecule has 3 heteroatoms. The molecule has 7 rings (SSSR count). The van der Waals surface area contributed by atoms with E-state index in [1.807, 2.05) is 42.6 Å². The van der Waals surface area contributed by atoms with E-state index in [2.05, 4.69) is 198 Å². The van der Waals surface area contributed by atoms with E-state index in [0.717, 1.165) is 86.8 Å². The van der Waals surface area contributed by atoms with Gasteiger partial charge in [0.15, 0.2) is 0 Å². The van der Waals surface area contributed by atoms with Crippen LogP contribution in [0.2, 0.25) is 0 Å². The number of pyridine rings is 1. The molecule has 2 aliphatic carbocycles. The van der Waals surface area contributed by atoms with Gasteiger partial charge in [0, 0.05) is 46.4 Å². The maximum atomic E-state index is 4.99. The minimum atomic E-state index is -0.398. The molecule has 0 radical (unpaired) electrons. The molecule has 0 N–H and O–H groups in total. The predicted molar refractivity (Wildman–Crippen MR) is 263 cm³/mol. The van der Waals surface area contributed by atoms with E-state index in [1.54, 1.807) is 0 Å². The van der Waals surface area contributed by atoms with Gasteiger partial charge in [-0.15, -0.1) is 12.8 Å². The average molecular weight is 782 g/mol. The molecule has 3 aromatic rings. The Kier molecular flexibility index (Phi) is 13.5. The molecule has 0 atom stereocenters. The van der Waals surface area contributed by atoms with Crippen LogP contribution in [0.1, 0.15) is 62.8 Å². The first-order valence-corrected chi connectivity index (χ1v) is 20.5. The average Bonchev–Trinajstić information content (AvgIpc) is 3.36. The lowest BCUT2D eigenvalue weighted by Gasteiger charge is -2.43. The molecule has 0 fully saturated rings. The van der Waals surface area contributed by atoms with Crippen molar-refractivity contribution >= 4 is 29.2 Å². The molecule has 0 spiro atoms. The highest BCUT2D eigenvalue weighted by molar-refractivity contribution is 5.96. The number of nitrogens with zero attached hydrogens (tertiary/aromatic N) is 3. The Morgan fingerprint density at radius 1 is 0.817 bits per heavy atom. The third-order valence-corrected chi connectivity index (χ3v) is 11.5. The van der Waals surface area contributed by atoms with Gasteiger partial charge in [-0.1, -0.05) is 149 Å². The number of allylic oxidation sites excluding steroid dienone is 12. The third-order valence-electron chi connectivity index (χ3n) is 11.5. The minimum Gasteiger partial charge on any atom is -0.341 e. The van der Waals surface area contributed by atoms with E-state index in [4.69, 9.17) is 4.98 Å². The smallest absolute Gasteiger partial charge is 0.0786 e. The number of fused-ring (bicyclic) bond motifs is 2. The summed E-state index contributed by atoms with van der Waals surface area (Å²) in [6.45, 7) is 26.7. The Morgan fingerprint density at radius 2 is 1.55 bits per heavy atom. The first-order valence-electron chi connectivity index (χ1n) is 20.5. The number of anilines is 3. The largest absolute Gasteiger partial charge is 0.341 e. The van der Waals surface area contributed by atoms with E-state index in [0.29, 0.717) is 0 Å². The maximum absolute atomic E-state index is 4.99. The van der Waals surface area contributed by atoms with Gasteiger partial charge in [0.25, 0.3) is 0 Å². The second kappa shape index (κ2) is 19.1. The first-order chi connectivity index (χ1) is 29.3. The van der Waals surface area contributed by atoms with Crippen LogP contribution in [-0.2, 0) is 5.41 Å². The van der Waals surface area contributed by atoms with Crippen LogP contribution >= 0.6 is 0 Å². The van der Waals surface area contributed by atoms with Gasteiger partial charge < -0.3 is 9.80 Å². The number of rotatable bonds is 10. The summed E-state index contributed by atoms with van der Waals surface area (Å²) in [5.41, 5.74) is 17.2. The molecule has 2 aromatic carbocycles. The van der Waals surface area contributed by atoms with Gasteiger partial charge in [-0.2, -0.15) is 0 Å². The van der Waals surface area contributed by atoms with Crippen molar-refractivity contribution in [2.24, 2.45) is 0 Å². The summed E-state index contributed by atoms with van der Waals surface area (Å²) in [6, 6.07) is 28.8. The van der Waals surface area contributed by atoms with Crippen molar-refractivity contribution in [3.8, 4) is 46.4 Å². The van der Waals surface area contributed by atoms with Gasteiger partial charge >= 0.3 is 0 Å². The molecule has 4 aliphatic rings. The molecule has 2 bridgehead atoms. The lowest BCUT2D eigenvalue weighted by Crippen LogP contribution is -2.33. The van der Waals surface area contributed by atoms with Crippen molar-refractivity contribution in [2.45, 2.75) is 46.0 Å². The van der Waals surface area contributed by atoms with E-state index < -0.39 is 5.41 Å². The highest BCUT2D eigenvalue weighted by atomic mass is 15.2. The predicted octanol–water partition coefficient (Wildman–Crippen LogP) is 15.2. The van der Waals surface area contributed by atoms with E-state index >= 15 is 0 Å². The Bertz CT molecular complexity index is 2610. The lowest BCUT2D eigenvalue weighted by atomic mass is 9.72. The lowest BCUT2D eigenvalue weighted by molar-refractivity contribution is 0.630. The van der Waals surface area contributed by atoms with Crippen LogP contribution in [0, 0.1) is 12.8 Å². The highest BCUT2D eigenvalue weighted by Gasteiger charge is 2.38. The van der Waals surface area contributed by atoms with Gasteiger partial charge in [0.2, 0.25) is 0 Å². The highest BCUT2D eigenvalue weighted by Crippen LogP contribution is 2.53. The van der Waals surface area contributed by atoms with E-state index in [1.165, 1.54) is 22.4 Å². The van der Waals surface area contributed by atoms with E-state index in [9.17, 15) is 0 Å². The molecule has 3 nitrogen and oxygen atoms in total. The van der Waals surface area contributed by atoms with E-state index in [-0.39, 0.29) is 0 Å². The Hall–Kier alpha value is -7.15. The summed E-state index contributed by atoms with van der Waals surface area (Å²) in [4.78, 5) is 9.77. The van der Waals surface area contributed by atoms with Crippen molar-refractivity contribution in [2.75, 3.05) is 16.3 Å². The number of terminal acetylenes is 1. The fourth-order valence-electron chi connectivity index (χ4n) is 8.46. The van der Waals surface area contributed by atoms with Gasteiger partial charge in [-0.3, -0.25) is 4.98 Å². The molecular weight excluding hydrogens is 727 g/mol. The summed E-state index contributed by atoms with van der Waals surface area (Å²) >= 11 is 0. The first kappa shape index (κ1) is 42.5. The summed E-state index contributed by atoms with van der Waals surface area (Å²) in [6.07, 6.45) is 39.0. The standard InChI is InChI=1S/C55H53N3.C2H2/c1-9-14-15-18-24-41-25-19-16-17-20-36-57(39(41)6)45-32-34-52-50(38-45)55(7,8)49-37-43(31-33-51(49)58(52)44(12-4)23-10-2)53-46(13-5)40(11-3)29-30-42-26-21-27-48(53)54-47(42)28-22-35-56-54;1-2/h9-14,16-24,26-35,37-38H,2-5,15,25,36H2,1,6-8H3;1-2H/b14-9-,19-16-,20-17-,24-18-,30-29?,40-29?,41-39-,42-30?,44-23+,46-40?,53-46?,53-48?;. The molecule has 298 valence electrons. The Balaban J connectivity index is 0.00000297. The normalized spacial score (nSPS) is 17.1. The van der Waals surface area contributed by atoms with Gasteiger partial charge in [0.05, 0.1) is 17.1 Å². The monoisotopic (exact) mass is 781 g/mol. The summed E-state index contributed by atoms with van der Waals surface area (Å²) in [7, 11) is 0. The van der Waals surface area contributed by atoms with Crippen LogP contribution in [0.25, 0.3) is 45.7 Å². The molecular formula is C57H55N3. The number of hydrogen-bond donors (Lipinski definition) is 0. The second-order valence-electron chi connectivity index (χ2n) is 15.2. The number of aromatic nitrogens is 1. The molecule has 1 aromatic heterocycles. The minimum absolute atomic E-state index is 0.398. The van der Waals surface area contributed by atoms with Crippen LogP contribution in [0.15, 0.2) is 195 Å². The van der Waals surface area contributed by atoms with Crippen molar-refractivity contribution in [3.05, 3.63) is 217 Å². The maximum Gasteiger partial charge on any atom is 0.0786 e. The number of hydrogen-bond acceptors (Lipinski definition) is 3. The van der Waals surface area contributed by atoms with Crippen LogP contribution in [0.3, 0.4) is 0 Å². The van der Waals surface area contributed by atoms with Crippen LogP contribution < -0.4 is 9.80 Å². The fourth-order valence-corrected chi connectivity index (χ4v) is 8.46. The number of benzene rings is 2. The second-order valence-corrected chi connectivity index (χ2v) is 15.2. The van der Waals surface area contributed by atoms with Gasteiger partial charge in [0.1, 0.15) is 0 Å². The van der Waals surface area contributed by atoms with Crippen LogP contribution in [0.5, 0.6) is 0 Å². The van der Waals surface area contributed by atoms with Crippen molar-refractivity contribution in [3.63, 3.8) is 0 Å². The molecule has 0 amide bonds. The van der Waals surface area contributed by atoms with Crippen molar-refractivity contribution < 1.29 is 0 Å². The quantitative estimate of drug-likeness (QED) is 0.0799. The zero-order valence-electron chi connectivity index (χ0n) is 35.5. The molecule has 60 heavy (non-hydrogen) atoms. The van der Waals surface area contributed by atoms with Crippen molar-refractivity contribution in [1.29, 1.82) is 0 Å². The molecule has 3 heterocycles. The van der Waals surface area contributed by atoms with Gasteiger partial charge in [-0.25, -0.2) is 0 Å². The zero-order chi connectivity index (χ0) is 42.8. The molecule has 0 unspecified atom stereocenters. The van der Waals surface area contributed by atoms with Crippen LogP contribution in [0.4, 0.5) is 17.1 Å². The van der Waals surface area contributed by atoms with Crippen LogP contribution in [-0.4, -0.2) is 11.5 Å². The molecule has 0 saturated heterocycles. The third kappa shape index (κ3) is 8.11. The summed E-state index contributed by atoms with van der Waals surface area (Å²) in [5, 5.41) is 0. The SMILES string of the molecule is C#C.C=C/C=C(\C=C)N1c2ccc(-c3c4cccc(ccc(C=C)c3C=C)-c3cccnc3-4)cc2C(C)(C)c2cc(N3C/C=C\C=C/CC(/C=C\C/C=C\C)=C\3C)ccc21. The van der Waals surface area contributed by atoms with Crippen molar-refractivity contribution in [1.82, 2.24) is 4.98 Å². The Labute approximate surface area is 358 Å². The summed E-state index contributed by atoms with van der Waals surface area (Å²) in [5.74, 6) is 0. The Morgan fingerprint density at radius 3 is 2.28 bits per heavy atom. The fraction of sp³-hybridized carbons (Fsp3) is 0.140. The topological polar surface area (TPSA) is 19.4 Å². The molecule has 0 saturated carbocycles. The van der Waals surface area contributed by atoms with Gasteiger partial charge in [-0.05, 0) is 120 Å².